The molecule has 20 heavy (non-hydrogen) atoms. The molecule has 3 nitrogen and oxygen atoms in total. The van der Waals surface area contributed by atoms with Gasteiger partial charge in [0, 0.05) is 11.4 Å². The van der Waals surface area contributed by atoms with E-state index in [9.17, 15) is 9.90 Å². The largest absolute Gasteiger partial charge is 0.389 e. The molecule has 1 aromatic rings. The topological polar surface area (TPSA) is 49.3 Å². The quantitative estimate of drug-likeness (QED) is 0.847. The first-order valence-corrected chi connectivity index (χ1v) is 8.47. The molecular formula is C16H25NO2S. The summed E-state index contributed by atoms with van der Waals surface area (Å²) in [6.07, 6.45) is 6.07. The molecule has 0 saturated heterocycles. The van der Waals surface area contributed by atoms with Crippen LogP contribution >= 0.6 is 11.3 Å². The van der Waals surface area contributed by atoms with Crippen LogP contribution in [-0.2, 0) is 11.2 Å². The molecule has 1 atom stereocenters. The minimum absolute atomic E-state index is 0.00701. The molecule has 112 valence electrons. The number of aliphatic hydroxyl groups is 1. The molecule has 0 spiro atoms. The number of nitrogens with one attached hydrogen (secondary N) is 1. The van der Waals surface area contributed by atoms with Crippen molar-refractivity contribution in [3.8, 4) is 0 Å². The number of amides is 1. The monoisotopic (exact) mass is 295 g/mol. The summed E-state index contributed by atoms with van der Waals surface area (Å²) in [7, 11) is 0. The first-order chi connectivity index (χ1) is 9.57. The molecule has 1 aliphatic rings. The SMILES string of the molecule is CC(CNC(=O)CC1(O)CCCCC1)Cc1cccs1. The van der Waals surface area contributed by atoms with Crippen molar-refractivity contribution in [3.05, 3.63) is 22.4 Å². The Morgan fingerprint density at radius 1 is 1.45 bits per heavy atom. The third kappa shape index (κ3) is 4.91. The van der Waals surface area contributed by atoms with Crippen LogP contribution < -0.4 is 5.32 Å². The molecule has 1 saturated carbocycles. The fourth-order valence-corrected chi connectivity index (χ4v) is 3.75. The third-order valence-electron chi connectivity index (χ3n) is 4.05. The average Bonchev–Trinajstić information content (AvgIpc) is 2.89. The maximum atomic E-state index is 12.0. The Morgan fingerprint density at radius 3 is 2.85 bits per heavy atom. The molecule has 0 aromatic carbocycles. The van der Waals surface area contributed by atoms with Gasteiger partial charge in [0.25, 0.3) is 0 Å². The molecule has 0 aliphatic heterocycles. The van der Waals surface area contributed by atoms with E-state index in [1.54, 1.807) is 11.3 Å². The van der Waals surface area contributed by atoms with Gasteiger partial charge < -0.3 is 10.4 Å². The van der Waals surface area contributed by atoms with E-state index in [2.05, 4.69) is 29.8 Å². The van der Waals surface area contributed by atoms with Crippen LogP contribution in [0.25, 0.3) is 0 Å². The Labute approximate surface area is 125 Å². The Hall–Kier alpha value is -0.870. The van der Waals surface area contributed by atoms with Gasteiger partial charge in [-0.05, 0) is 36.6 Å². The Kier molecular flexibility index (Phi) is 5.61. The van der Waals surface area contributed by atoms with Crippen molar-refractivity contribution >= 4 is 17.2 Å². The minimum atomic E-state index is -0.751. The van der Waals surface area contributed by atoms with Crippen LogP contribution in [0.2, 0.25) is 0 Å². The molecule has 1 unspecified atom stereocenters. The number of hydrogen-bond acceptors (Lipinski definition) is 3. The van der Waals surface area contributed by atoms with Crippen molar-refractivity contribution < 1.29 is 9.90 Å². The molecule has 1 fully saturated rings. The predicted molar refractivity (Wildman–Crippen MR) is 82.8 cm³/mol. The summed E-state index contributed by atoms with van der Waals surface area (Å²) in [5, 5.41) is 15.4. The van der Waals surface area contributed by atoms with E-state index in [-0.39, 0.29) is 12.3 Å². The highest BCUT2D eigenvalue weighted by atomic mass is 32.1. The predicted octanol–water partition coefficient (Wildman–Crippen LogP) is 3.13. The van der Waals surface area contributed by atoms with Crippen LogP contribution in [0.3, 0.4) is 0 Å². The van der Waals surface area contributed by atoms with Crippen molar-refractivity contribution in [3.63, 3.8) is 0 Å². The number of carbonyl (C=O) groups is 1. The van der Waals surface area contributed by atoms with Crippen molar-refractivity contribution in [1.29, 1.82) is 0 Å². The van der Waals surface area contributed by atoms with Gasteiger partial charge in [-0.1, -0.05) is 32.3 Å². The van der Waals surface area contributed by atoms with E-state index < -0.39 is 5.60 Å². The fraction of sp³-hybridized carbons (Fsp3) is 0.688. The molecule has 0 bridgehead atoms. The summed E-state index contributed by atoms with van der Waals surface area (Å²) in [5.41, 5.74) is -0.751. The van der Waals surface area contributed by atoms with E-state index >= 15 is 0 Å². The van der Waals surface area contributed by atoms with Crippen molar-refractivity contribution in [2.24, 2.45) is 5.92 Å². The van der Waals surface area contributed by atoms with Gasteiger partial charge >= 0.3 is 0 Å². The molecular weight excluding hydrogens is 270 g/mol. The van der Waals surface area contributed by atoms with Gasteiger partial charge in [-0.2, -0.15) is 0 Å². The summed E-state index contributed by atoms with van der Waals surface area (Å²) in [5.74, 6) is 0.422. The van der Waals surface area contributed by atoms with Gasteiger partial charge in [-0.25, -0.2) is 0 Å². The highest BCUT2D eigenvalue weighted by molar-refractivity contribution is 7.09. The zero-order chi connectivity index (χ0) is 14.4. The Bertz CT molecular complexity index is 410. The summed E-state index contributed by atoms with van der Waals surface area (Å²) >= 11 is 1.76. The average molecular weight is 295 g/mol. The lowest BCUT2D eigenvalue weighted by Crippen LogP contribution is -2.39. The summed E-state index contributed by atoms with van der Waals surface area (Å²) in [6.45, 7) is 2.84. The maximum Gasteiger partial charge on any atom is 0.222 e. The second-order valence-corrected chi connectivity index (χ2v) is 7.19. The van der Waals surface area contributed by atoms with Crippen molar-refractivity contribution in [2.45, 2.75) is 57.5 Å². The minimum Gasteiger partial charge on any atom is -0.389 e. The number of rotatable bonds is 6. The smallest absolute Gasteiger partial charge is 0.222 e. The molecule has 1 heterocycles. The van der Waals surface area contributed by atoms with Gasteiger partial charge in [0.1, 0.15) is 0 Å². The van der Waals surface area contributed by atoms with Gasteiger partial charge in [0.05, 0.1) is 12.0 Å². The van der Waals surface area contributed by atoms with E-state index in [0.717, 1.165) is 32.1 Å². The Balaban J connectivity index is 1.69. The van der Waals surface area contributed by atoms with Gasteiger partial charge in [-0.3, -0.25) is 4.79 Å². The second-order valence-electron chi connectivity index (χ2n) is 6.15. The van der Waals surface area contributed by atoms with Crippen molar-refractivity contribution in [1.82, 2.24) is 5.32 Å². The maximum absolute atomic E-state index is 12.0. The number of hydrogen-bond donors (Lipinski definition) is 2. The molecule has 1 amide bonds. The van der Waals surface area contributed by atoms with Crippen molar-refractivity contribution in [2.75, 3.05) is 6.54 Å². The molecule has 4 heteroatoms. The molecule has 2 N–H and O–H groups in total. The van der Waals surface area contributed by atoms with Gasteiger partial charge in [-0.15, -0.1) is 11.3 Å². The lowest BCUT2D eigenvalue weighted by molar-refractivity contribution is -0.127. The zero-order valence-electron chi connectivity index (χ0n) is 12.2. The first-order valence-electron chi connectivity index (χ1n) is 7.59. The standard InChI is InChI=1S/C16H25NO2S/c1-13(10-14-6-5-9-20-14)12-17-15(18)11-16(19)7-3-2-4-8-16/h5-6,9,13,19H,2-4,7-8,10-12H2,1H3,(H,17,18). The molecule has 1 aliphatic carbocycles. The third-order valence-corrected chi connectivity index (χ3v) is 4.95. The molecule has 1 aromatic heterocycles. The summed E-state index contributed by atoms with van der Waals surface area (Å²) < 4.78 is 0. The molecule has 2 rings (SSSR count). The van der Waals surface area contributed by atoms with Crippen LogP contribution in [0.4, 0.5) is 0 Å². The van der Waals surface area contributed by atoms with Crippen LogP contribution in [-0.4, -0.2) is 23.2 Å². The summed E-state index contributed by atoms with van der Waals surface area (Å²) in [4.78, 5) is 13.3. The van der Waals surface area contributed by atoms with E-state index in [4.69, 9.17) is 0 Å². The highest BCUT2D eigenvalue weighted by Crippen LogP contribution is 2.30. The lowest BCUT2D eigenvalue weighted by atomic mass is 9.82. The van der Waals surface area contributed by atoms with Crippen LogP contribution in [0.5, 0.6) is 0 Å². The van der Waals surface area contributed by atoms with Crippen LogP contribution in [0, 0.1) is 5.92 Å². The normalized spacial score (nSPS) is 19.5. The number of carbonyl (C=O) groups excluding carboxylic acids is 1. The number of thiophene rings is 1. The summed E-state index contributed by atoms with van der Waals surface area (Å²) in [6, 6.07) is 4.19. The van der Waals surface area contributed by atoms with Gasteiger partial charge in [0.2, 0.25) is 5.91 Å². The van der Waals surface area contributed by atoms with Gasteiger partial charge in [0.15, 0.2) is 0 Å². The van der Waals surface area contributed by atoms with Crippen LogP contribution in [0.15, 0.2) is 17.5 Å². The Morgan fingerprint density at radius 2 is 2.20 bits per heavy atom. The molecule has 0 radical (unpaired) electrons. The van der Waals surface area contributed by atoms with Crippen LogP contribution in [0.1, 0.15) is 50.3 Å². The highest BCUT2D eigenvalue weighted by Gasteiger charge is 2.31. The first kappa shape index (κ1) is 15.5. The zero-order valence-corrected chi connectivity index (χ0v) is 13.0. The lowest BCUT2D eigenvalue weighted by Gasteiger charge is -2.31. The van der Waals surface area contributed by atoms with E-state index in [0.29, 0.717) is 12.5 Å². The fourth-order valence-electron chi connectivity index (χ4n) is 2.88. The van der Waals surface area contributed by atoms with E-state index in [1.807, 2.05) is 0 Å². The second kappa shape index (κ2) is 7.23. The van der Waals surface area contributed by atoms with E-state index in [1.165, 1.54) is 11.3 Å².